The summed E-state index contributed by atoms with van der Waals surface area (Å²) in [5.74, 6) is 0.481. The van der Waals surface area contributed by atoms with E-state index in [1.807, 2.05) is 49.9 Å². The highest BCUT2D eigenvalue weighted by Crippen LogP contribution is 2.32. The Bertz CT molecular complexity index is 1080. The third-order valence-electron chi connectivity index (χ3n) is 6.80. The van der Waals surface area contributed by atoms with E-state index < -0.39 is 6.04 Å². The van der Waals surface area contributed by atoms with Crippen LogP contribution >= 0.6 is 0 Å². The number of ether oxygens (including phenoxy) is 2. The average molecular weight is 480 g/mol. The molecule has 4 rings (SSSR count). The summed E-state index contributed by atoms with van der Waals surface area (Å²) in [6, 6.07) is 11.8. The monoisotopic (exact) mass is 479 g/mol. The summed E-state index contributed by atoms with van der Waals surface area (Å²) in [6.45, 7) is 7.12. The van der Waals surface area contributed by atoms with E-state index in [1.165, 1.54) is 0 Å². The van der Waals surface area contributed by atoms with E-state index in [2.05, 4.69) is 10.6 Å². The molecule has 3 amide bonds. The molecular formula is C27H33N3O5. The van der Waals surface area contributed by atoms with Crippen LogP contribution in [0.3, 0.4) is 0 Å². The normalized spacial score (nSPS) is 16.9. The lowest BCUT2D eigenvalue weighted by molar-refractivity contribution is -0.125. The van der Waals surface area contributed by atoms with Gasteiger partial charge in [0.1, 0.15) is 6.04 Å². The van der Waals surface area contributed by atoms with Crippen molar-refractivity contribution < 1.29 is 23.9 Å². The zero-order valence-electron chi connectivity index (χ0n) is 20.5. The minimum absolute atomic E-state index is 0.00403. The molecule has 8 heteroatoms. The van der Waals surface area contributed by atoms with E-state index in [4.69, 9.17) is 9.47 Å². The number of benzene rings is 2. The Morgan fingerprint density at radius 3 is 2.31 bits per heavy atom. The molecule has 2 aromatic carbocycles. The number of amides is 3. The lowest BCUT2D eigenvalue weighted by atomic mass is 9.88. The Morgan fingerprint density at radius 1 is 0.971 bits per heavy atom. The van der Waals surface area contributed by atoms with Crippen LogP contribution in [0.1, 0.15) is 59.4 Å². The smallest absolute Gasteiger partial charge is 0.253 e. The number of fused-ring (bicyclic) bond motifs is 1. The lowest BCUT2D eigenvalue weighted by Gasteiger charge is -2.36. The molecule has 0 bridgehead atoms. The van der Waals surface area contributed by atoms with Crippen molar-refractivity contribution in [2.75, 3.05) is 19.9 Å². The summed E-state index contributed by atoms with van der Waals surface area (Å²) in [6.07, 6.45) is 2.04. The number of hydrogen-bond donors (Lipinski definition) is 2. The van der Waals surface area contributed by atoms with E-state index in [0.717, 1.165) is 12.0 Å². The largest absolute Gasteiger partial charge is 0.454 e. The zero-order chi connectivity index (χ0) is 24.9. The average Bonchev–Trinajstić information content (AvgIpc) is 3.35. The van der Waals surface area contributed by atoms with Gasteiger partial charge in [0.05, 0.1) is 0 Å². The van der Waals surface area contributed by atoms with E-state index in [0.29, 0.717) is 48.6 Å². The molecule has 2 aliphatic heterocycles. The Hall–Kier alpha value is -3.55. The van der Waals surface area contributed by atoms with Gasteiger partial charge >= 0.3 is 0 Å². The Morgan fingerprint density at radius 2 is 1.63 bits per heavy atom. The van der Waals surface area contributed by atoms with Crippen LogP contribution < -0.4 is 20.1 Å². The fourth-order valence-electron chi connectivity index (χ4n) is 4.41. The van der Waals surface area contributed by atoms with Crippen molar-refractivity contribution in [1.82, 2.24) is 15.5 Å². The molecule has 0 aliphatic carbocycles. The van der Waals surface area contributed by atoms with E-state index in [-0.39, 0.29) is 36.5 Å². The molecule has 8 nitrogen and oxygen atoms in total. The molecule has 1 fully saturated rings. The number of carbonyl (C=O) groups excluding carboxylic acids is 3. The SMILES string of the molecule is CC[C@H](C)NC(=O)[C@@H](NC(=O)c1ccc2c(c1)OCO2)C1CCN(C(=O)c2ccc(C)cc2)CC1. The van der Waals surface area contributed by atoms with Gasteiger partial charge in [0.2, 0.25) is 12.7 Å². The molecule has 0 saturated carbocycles. The summed E-state index contributed by atoms with van der Waals surface area (Å²) in [4.78, 5) is 41.0. The van der Waals surface area contributed by atoms with Gasteiger partial charge in [-0.2, -0.15) is 0 Å². The van der Waals surface area contributed by atoms with E-state index >= 15 is 0 Å². The summed E-state index contributed by atoms with van der Waals surface area (Å²) < 4.78 is 10.7. The number of aryl methyl sites for hydroxylation is 1. The Labute approximate surface area is 206 Å². The first-order valence-electron chi connectivity index (χ1n) is 12.2. The highest BCUT2D eigenvalue weighted by molar-refractivity contribution is 5.98. The summed E-state index contributed by atoms with van der Waals surface area (Å²) in [7, 11) is 0. The molecule has 2 atom stereocenters. The van der Waals surface area contributed by atoms with Crippen molar-refractivity contribution in [2.24, 2.45) is 5.92 Å². The van der Waals surface area contributed by atoms with E-state index in [1.54, 1.807) is 18.2 Å². The van der Waals surface area contributed by atoms with Gasteiger partial charge in [-0.15, -0.1) is 0 Å². The van der Waals surface area contributed by atoms with Crippen molar-refractivity contribution in [3.63, 3.8) is 0 Å². The van der Waals surface area contributed by atoms with Crippen molar-refractivity contribution in [3.05, 3.63) is 59.2 Å². The zero-order valence-corrected chi connectivity index (χ0v) is 20.5. The minimum atomic E-state index is -0.696. The second kappa shape index (κ2) is 10.8. The summed E-state index contributed by atoms with van der Waals surface area (Å²) >= 11 is 0. The third-order valence-corrected chi connectivity index (χ3v) is 6.80. The molecular weight excluding hydrogens is 446 g/mol. The van der Waals surface area contributed by atoms with E-state index in [9.17, 15) is 14.4 Å². The molecule has 186 valence electrons. The van der Waals surface area contributed by atoms with Gasteiger partial charge in [-0.3, -0.25) is 14.4 Å². The van der Waals surface area contributed by atoms with Crippen LogP contribution in [0.15, 0.2) is 42.5 Å². The maximum atomic E-state index is 13.2. The van der Waals surface area contributed by atoms with Crippen LogP contribution in [0.5, 0.6) is 11.5 Å². The molecule has 1 saturated heterocycles. The topological polar surface area (TPSA) is 97.0 Å². The number of rotatable bonds is 7. The Kier molecular flexibility index (Phi) is 7.58. The van der Waals surface area contributed by atoms with Crippen LogP contribution in [-0.4, -0.2) is 54.6 Å². The predicted octanol–water partition coefficient (Wildman–Crippen LogP) is 3.29. The molecule has 2 heterocycles. The molecule has 0 spiro atoms. The van der Waals surface area contributed by atoms with Gasteiger partial charge in [-0.25, -0.2) is 0 Å². The van der Waals surface area contributed by atoms with Gasteiger partial charge in [-0.1, -0.05) is 24.6 Å². The molecule has 2 aliphatic rings. The molecule has 35 heavy (non-hydrogen) atoms. The van der Waals surface area contributed by atoms with Crippen LogP contribution in [0.4, 0.5) is 0 Å². The van der Waals surface area contributed by atoms with Crippen LogP contribution in [0.25, 0.3) is 0 Å². The number of nitrogens with zero attached hydrogens (tertiary/aromatic N) is 1. The highest BCUT2D eigenvalue weighted by Gasteiger charge is 2.34. The molecule has 0 radical (unpaired) electrons. The summed E-state index contributed by atoms with van der Waals surface area (Å²) in [5.41, 5.74) is 2.17. The second-order valence-electron chi connectivity index (χ2n) is 9.33. The maximum absolute atomic E-state index is 13.2. The quantitative estimate of drug-likeness (QED) is 0.635. The van der Waals surface area contributed by atoms with Gasteiger partial charge in [0, 0.05) is 30.3 Å². The second-order valence-corrected chi connectivity index (χ2v) is 9.33. The molecule has 2 aromatic rings. The number of hydrogen-bond acceptors (Lipinski definition) is 5. The van der Waals surface area contributed by atoms with Crippen molar-refractivity contribution in [3.8, 4) is 11.5 Å². The van der Waals surface area contributed by atoms with Crippen LogP contribution in [0, 0.1) is 12.8 Å². The molecule has 2 N–H and O–H groups in total. The first-order valence-corrected chi connectivity index (χ1v) is 12.2. The number of carbonyl (C=O) groups is 3. The Balaban J connectivity index is 1.44. The van der Waals surface area contributed by atoms with Gasteiger partial charge in [0.25, 0.3) is 11.8 Å². The number of nitrogens with one attached hydrogen (secondary N) is 2. The first-order chi connectivity index (χ1) is 16.9. The lowest BCUT2D eigenvalue weighted by Crippen LogP contribution is -2.55. The number of piperidine rings is 1. The minimum Gasteiger partial charge on any atom is -0.454 e. The number of likely N-dealkylation sites (tertiary alicyclic amines) is 1. The first kappa shape index (κ1) is 24.6. The van der Waals surface area contributed by atoms with Crippen LogP contribution in [0.2, 0.25) is 0 Å². The fraction of sp³-hybridized carbons (Fsp3) is 0.444. The van der Waals surface area contributed by atoms with Crippen molar-refractivity contribution in [1.29, 1.82) is 0 Å². The third kappa shape index (κ3) is 5.75. The summed E-state index contributed by atoms with van der Waals surface area (Å²) in [5, 5.41) is 5.97. The maximum Gasteiger partial charge on any atom is 0.253 e. The molecule has 0 unspecified atom stereocenters. The highest BCUT2D eigenvalue weighted by atomic mass is 16.7. The van der Waals surface area contributed by atoms with Gasteiger partial charge in [-0.05, 0) is 69.4 Å². The predicted molar refractivity (Wildman–Crippen MR) is 132 cm³/mol. The van der Waals surface area contributed by atoms with Crippen LogP contribution in [-0.2, 0) is 4.79 Å². The standard InChI is InChI=1S/C27H33N3O5/c1-4-18(3)28-26(32)24(29-25(31)21-9-10-22-23(15-21)35-16-34-22)19-11-13-30(14-12-19)27(33)20-7-5-17(2)6-8-20/h5-10,15,18-19,24H,4,11-14,16H2,1-3H3,(H,28,32)(H,29,31)/t18-,24-/m0/s1. The van der Waals surface area contributed by atoms with Crippen molar-refractivity contribution >= 4 is 17.7 Å². The van der Waals surface area contributed by atoms with Gasteiger partial charge < -0.3 is 25.0 Å². The fourth-order valence-corrected chi connectivity index (χ4v) is 4.41. The molecule has 0 aromatic heterocycles. The van der Waals surface area contributed by atoms with Gasteiger partial charge in [0.15, 0.2) is 11.5 Å². The van der Waals surface area contributed by atoms with Crippen molar-refractivity contribution in [2.45, 2.75) is 52.1 Å².